The molecule has 0 amide bonds. The molecule has 5 heteroatoms. The lowest BCUT2D eigenvalue weighted by atomic mass is 9.96. The van der Waals surface area contributed by atoms with Gasteiger partial charge < -0.3 is 10.4 Å². The molecule has 2 rings (SSSR count). The first-order chi connectivity index (χ1) is 5.53. The van der Waals surface area contributed by atoms with Crippen LogP contribution in [0, 0.1) is 11.3 Å². The van der Waals surface area contributed by atoms with Crippen molar-refractivity contribution < 1.29 is 18.7 Å². The number of rotatable bonds is 1. The number of aliphatic carboxylic acids is 1. The number of carboxylic acids is 1. The van der Waals surface area contributed by atoms with Crippen LogP contribution in [0.1, 0.15) is 6.42 Å². The lowest BCUT2D eigenvalue weighted by molar-refractivity contribution is -0.148. The van der Waals surface area contributed by atoms with Crippen molar-refractivity contribution >= 4 is 5.97 Å². The Morgan fingerprint density at radius 2 is 2.25 bits per heavy atom. The fraction of sp³-hybridized carbons (Fsp3) is 0.857. The number of alkyl halides is 2. The number of hydrogen-bond acceptors (Lipinski definition) is 2. The Balaban J connectivity index is 2.30. The predicted octanol–water partition coefficient (Wildman–Crippen LogP) is 0.316. The van der Waals surface area contributed by atoms with Crippen molar-refractivity contribution in [2.24, 2.45) is 11.3 Å². The molecule has 12 heavy (non-hydrogen) atoms. The summed E-state index contributed by atoms with van der Waals surface area (Å²) in [6.45, 7) is 0.498. The van der Waals surface area contributed by atoms with E-state index in [4.69, 9.17) is 5.11 Å². The Hall–Kier alpha value is -0.710. The van der Waals surface area contributed by atoms with Gasteiger partial charge in [-0.05, 0) is 13.0 Å². The second-order valence-corrected chi connectivity index (χ2v) is 3.41. The molecule has 2 N–H and O–H groups in total. The predicted molar refractivity (Wildman–Crippen MR) is 36.0 cm³/mol. The number of nitrogens with one attached hydrogen (secondary N) is 1. The van der Waals surface area contributed by atoms with Gasteiger partial charge in [-0.3, -0.25) is 4.79 Å². The summed E-state index contributed by atoms with van der Waals surface area (Å²) in [6, 6.07) is 0. The first-order valence-corrected chi connectivity index (χ1v) is 3.85. The first-order valence-electron chi connectivity index (χ1n) is 3.85. The van der Waals surface area contributed by atoms with Crippen LogP contribution in [0.15, 0.2) is 0 Å². The Morgan fingerprint density at radius 3 is 2.67 bits per heavy atom. The second-order valence-electron chi connectivity index (χ2n) is 3.41. The van der Waals surface area contributed by atoms with Crippen LogP contribution in [0.25, 0.3) is 0 Å². The van der Waals surface area contributed by atoms with Crippen molar-refractivity contribution in [1.82, 2.24) is 5.32 Å². The SMILES string of the molecule is O=C(O)[C@]12CCNC[C@H]1C2(F)F. The molecular weight excluding hydrogens is 168 g/mol. The van der Waals surface area contributed by atoms with Crippen molar-refractivity contribution in [1.29, 1.82) is 0 Å². The topological polar surface area (TPSA) is 49.3 Å². The van der Waals surface area contributed by atoms with Gasteiger partial charge in [0, 0.05) is 6.54 Å². The maximum absolute atomic E-state index is 13.0. The van der Waals surface area contributed by atoms with Crippen LogP contribution in [-0.4, -0.2) is 30.1 Å². The van der Waals surface area contributed by atoms with E-state index in [2.05, 4.69) is 5.32 Å². The van der Waals surface area contributed by atoms with E-state index in [9.17, 15) is 13.6 Å². The number of piperidine rings is 1. The number of hydrogen-bond donors (Lipinski definition) is 2. The van der Waals surface area contributed by atoms with Crippen LogP contribution in [0.4, 0.5) is 8.78 Å². The van der Waals surface area contributed by atoms with Crippen LogP contribution in [-0.2, 0) is 4.79 Å². The zero-order valence-corrected chi connectivity index (χ0v) is 6.31. The van der Waals surface area contributed by atoms with E-state index >= 15 is 0 Å². The Morgan fingerprint density at radius 1 is 1.58 bits per heavy atom. The van der Waals surface area contributed by atoms with E-state index in [0.29, 0.717) is 6.54 Å². The molecule has 2 aliphatic rings. The quantitative estimate of drug-likeness (QED) is 0.606. The minimum Gasteiger partial charge on any atom is -0.481 e. The van der Waals surface area contributed by atoms with Crippen LogP contribution in [0.2, 0.25) is 0 Å². The van der Waals surface area contributed by atoms with Gasteiger partial charge in [-0.15, -0.1) is 0 Å². The first kappa shape index (κ1) is 7.91. The van der Waals surface area contributed by atoms with Gasteiger partial charge in [0.15, 0.2) is 0 Å². The van der Waals surface area contributed by atoms with Crippen molar-refractivity contribution in [2.45, 2.75) is 12.3 Å². The van der Waals surface area contributed by atoms with E-state index in [-0.39, 0.29) is 13.0 Å². The molecule has 68 valence electrons. The van der Waals surface area contributed by atoms with Gasteiger partial charge in [-0.25, -0.2) is 8.78 Å². The molecule has 0 unspecified atom stereocenters. The zero-order chi connectivity index (χ0) is 8.98. The highest BCUT2D eigenvalue weighted by atomic mass is 19.3. The van der Waals surface area contributed by atoms with Gasteiger partial charge in [0.25, 0.3) is 5.92 Å². The van der Waals surface area contributed by atoms with Crippen LogP contribution in [0.5, 0.6) is 0 Å². The molecule has 2 fully saturated rings. The molecule has 0 aromatic rings. The summed E-state index contributed by atoms with van der Waals surface area (Å²) in [5.74, 6) is -5.34. The number of fused-ring (bicyclic) bond motifs is 1. The minimum absolute atomic E-state index is 0.0417. The van der Waals surface area contributed by atoms with E-state index in [1.807, 2.05) is 0 Å². The van der Waals surface area contributed by atoms with Gasteiger partial charge in [0.1, 0.15) is 5.41 Å². The monoisotopic (exact) mass is 177 g/mol. The highest BCUT2D eigenvalue weighted by molar-refractivity contribution is 5.81. The maximum atomic E-state index is 13.0. The third-order valence-electron chi connectivity index (χ3n) is 2.97. The molecule has 0 aromatic heterocycles. The lowest BCUT2D eigenvalue weighted by Gasteiger charge is -2.15. The summed E-state index contributed by atoms with van der Waals surface area (Å²) in [6.07, 6.45) is 0.0417. The van der Waals surface area contributed by atoms with Gasteiger partial charge >= 0.3 is 5.97 Å². The number of carbonyl (C=O) groups is 1. The van der Waals surface area contributed by atoms with Crippen LogP contribution in [0.3, 0.4) is 0 Å². The Labute approximate surface area is 67.8 Å². The lowest BCUT2D eigenvalue weighted by Crippen LogP contribution is -2.34. The summed E-state index contributed by atoms with van der Waals surface area (Å²) in [7, 11) is 0. The molecule has 2 atom stereocenters. The fourth-order valence-corrected chi connectivity index (χ4v) is 2.11. The standard InChI is InChI=1S/C7H9F2NO2/c8-7(9)4-3-10-2-1-6(4,7)5(11)12/h4,10H,1-3H2,(H,11,12)/t4-,6+/m1/s1. The minimum atomic E-state index is -3.00. The van der Waals surface area contributed by atoms with E-state index in [1.54, 1.807) is 0 Å². The van der Waals surface area contributed by atoms with Crippen molar-refractivity contribution in [3.05, 3.63) is 0 Å². The normalized spacial score (nSPS) is 43.3. The average molecular weight is 177 g/mol. The van der Waals surface area contributed by atoms with Crippen molar-refractivity contribution in [3.63, 3.8) is 0 Å². The van der Waals surface area contributed by atoms with Crippen molar-refractivity contribution in [3.8, 4) is 0 Å². The molecule has 0 radical (unpaired) electrons. The zero-order valence-electron chi connectivity index (χ0n) is 6.31. The molecule has 3 nitrogen and oxygen atoms in total. The summed E-state index contributed by atoms with van der Waals surface area (Å²) in [5, 5.41) is 11.4. The molecule has 1 aliphatic heterocycles. The number of carboxylic acid groups (broad SMARTS) is 1. The Bertz CT molecular complexity index is 244. The van der Waals surface area contributed by atoms with E-state index < -0.39 is 23.2 Å². The van der Waals surface area contributed by atoms with Gasteiger partial charge in [-0.1, -0.05) is 0 Å². The summed E-state index contributed by atoms with van der Waals surface area (Å²) in [4.78, 5) is 10.6. The fourth-order valence-electron chi connectivity index (χ4n) is 2.11. The van der Waals surface area contributed by atoms with Gasteiger partial charge in [0.05, 0.1) is 5.92 Å². The van der Waals surface area contributed by atoms with Gasteiger partial charge in [0.2, 0.25) is 0 Å². The smallest absolute Gasteiger partial charge is 0.316 e. The molecule has 1 saturated carbocycles. The highest BCUT2D eigenvalue weighted by Crippen LogP contribution is 2.68. The van der Waals surface area contributed by atoms with Gasteiger partial charge in [-0.2, -0.15) is 0 Å². The average Bonchev–Trinajstić information content (AvgIpc) is 2.52. The summed E-state index contributed by atoms with van der Waals surface area (Å²) in [5.41, 5.74) is -1.74. The third kappa shape index (κ3) is 0.612. The van der Waals surface area contributed by atoms with Crippen molar-refractivity contribution in [2.75, 3.05) is 13.1 Å². The molecular formula is C7H9F2NO2. The molecule has 1 heterocycles. The third-order valence-corrected chi connectivity index (χ3v) is 2.97. The molecule has 0 aromatic carbocycles. The summed E-state index contributed by atoms with van der Waals surface area (Å²) >= 11 is 0. The molecule has 0 bridgehead atoms. The molecule has 1 saturated heterocycles. The summed E-state index contributed by atoms with van der Waals surface area (Å²) < 4.78 is 26.0. The molecule has 1 aliphatic carbocycles. The maximum Gasteiger partial charge on any atom is 0.316 e. The van der Waals surface area contributed by atoms with E-state index in [1.165, 1.54) is 0 Å². The highest BCUT2D eigenvalue weighted by Gasteiger charge is 2.84. The van der Waals surface area contributed by atoms with E-state index in [0.717, 1.165) is 0 Å². The van der Waals surface area contributed by atoms with Crippen LogP contribution < -0.4 is 5.32 Å². The largest absolute Gasteiger partial charge is 0.481 e. The van der Waals surface area contributed by atoms with Crippen LogP contribution >= 0.6 is 0 Å². The molecule has 0 spiro atoms. The Kier molecular flexibility index (Phi) is 1.29. The second kappa shape index (κ2) is 1.96. The number of halogens is 2.